The lowest BCUT2D eigenvalue weighted by Gasteiger charge is -2.09. The number of aromatic nitrogens is 6. The van der Waals surface area contributed by atoms with E-state index in [0.29, 0.717) is 11.6 Å². The van der Waals surface area contributed by atoms with Crippen molar-refractivity contribution in [2.45, 2.75) is 13.0 Å². The van der Waals surface area contributed by atoms with E-state index in [0.717, 1.165) is 5.56 Å². The molecule has 8 heteroatoms. The van der Waals surface area contributed by atoms with Crippen LogP contribution in [0.5, 0.6) is 0 Å². The summed E-state index contributed by atoms with van der Waals surface area (Å²) in [6.45, 7) is 1.81. The van der Waals surface area contributed by atoms with Gasteiger partial charge in [0.15, 0.2) is 5.82 Å². The van der Waals surface area contributed by atoms with Crippen molar-refractivity contribution < 1.29 is 4.79 Å². The summed E-state index contributed by atoms with van der Waals surface area (Å²) >= 11 is 0. The van der Waals surface area contributed by atoms with Gasteiger partial charge in [-0.2, -0.15) is 5.10 Å². The molecule has 22 heavy (non-hydrogen) atoms. The van der Waals surface area contributed by atoms with Crippen LogP contribution in [0.2, 0.25) is 0 Å². The Morgan fingerprint density at radius 3 is 2.82 bits per heavy atom. The number of carbonyl (C=O) groups excluding carboxylic acids is 1. The van der Waals surface area contributed by atoms with Crippen LogP contribution >= 0.6 is 0 Å². The minimum Gasteiger partial charge on any atom is -0.341 e. The first kappa shape index (κ1) is 13.8. The molecule has 3 heterocycles. The molecule has 0 radical (unpaired) electrons. The second-order valence-electron chi connectivity index (χ2n) is 4.57. The summed E-state index contributed by atoms with van der Waals surface area (Å²) in [6, 6.07) is 3.33. The number of pyridine rings is 1. The average molecular weight is 295 g/mol. The monoisotopic (exact) mass is 295 g/mol. The fourth-order valence-corrected chi connectivity index (χ4v) is 1.85. The van der Waals surface area contributed by atoms with Crippen LogP contribution in [0.4, 0.5) is 0 Å². The van der Waals surface area contributed by atoms with Gasteiger partial charge in [-0.1, -0.05) is 0 Å². The van der Waals surface area contributed by atoms with E-state index in [1.807, 2.05) is 19.1 Å². The van der Waals surface area contributed by atoms with Gasteiger partial charge in [0, 0.05) is 30.4 Å². The highest BCUT2D eigenvalue weighted by Gasteiger charge is 2.16. The highest BCUT2D eigenvalue weighted by molar-refractivity contribution is 5.92. The van der Waals surface area contributed by atoms with Crippen LogP contribution in [0, 0.1) is 0 Å². The van der Waals surface area contributed by atoms with Gasteiger partial charge in [-0.3, -0.25) is 19.9 Å². The Balaban J connectivity index is 1.72. The summed E-state index contributed by atoms with van der Waals surface area (Å²) in [5.74, 6) is 0.764. The number of amides is 1. The lowest BCUT2D eigenvalue weighted by atomic mass is 10.2. The van der Waals surface area contributed by atoms with E-state index in [1.54, 1.807) is 12.4 Å². The Morgan fingerprint density at radius 2 is 2.09 bits per heavy atom. The van der Waals surface area contributed by atoms with Crippen molar-refractivity contribution >= 4 is 5.91 Å². The molecular formula is C14H13N7O. The molecule has 0 spiro atoms. The van der Waals surface area contributed by atoms with Crippen LogP contribution < -0.4 is 5.32 Å². The van der Waals surface area contributed by atoms with E-state index in [9.17, 15) is 4.79 Å². The minimum atomic E-state index is -0.340. The van der Waals surface area contributed by atoms with Gasteiger partial charge in [-0.15, -0.1) is 0 Å². The van der Waals surface area contributed by atoms with Gasteiger partial charge in [0.2, 0.25) is 0 Å². The summed E-state index contributed by atoms with van der Waals surface area (Å²) in [5, 5.41) is 9.74. The van der Waals surface area contributed by atoms with E-state index in [1.165, 1.54) is 18.6 Å². The number of hydrogen-bond donors (Lipinski definition) is 2. The third-order valence-electron chi connectivity index (χ3n) is 2.98. The summed E-state index contributed by atoms with van der Waals surface area (Å²) in [7, 11) is 0. The fourth-order valence-electron chi connectivity index (χ4n) is 1.85. The van der Waals surface area contributed by atoms with Crippen molar-refractivity contribution in [3.05, 3.63) is 54.6 Å². The average Bonchev–Trinajstić information content (AvgIpc) is 3.06. The van der Waals surface area contributed by atoms with Crippen LogP contribution in [0.15, 0.2) is 43.1 Å². The summed E-state index contributed by atoms with van der Waals surface area (Å²) in [6.07, 6.45) is 7.74. The number of nitrogens with zero attached hydrogens (tertiary/aromatic N) is 5. The molecule has 0 saturated carbocycles. The molecule has 0 aromatic carbocycles. The third-order valence-corrected chi connectivity index (χ3v) is 2.98. The number of H-pyrrole nitrogens is 1. The maximum Gasteiger partial charge on any atom is 0.272 e. The second kappa shape index (κ2) is 6.08. The van der Waals surface area contributed by atoms with E-state index in [4.69, 9.17) is 0 Å². The summed E-state index contributed by atoms with van der Waals surface area (Å²) < 4.78 is 0. The quantitative estimate of drug-likeness (QED) is 0.747. The fraction of sp³-hybridized carbons (Fsp3) is 0.143. The lowest BCUT2D eigenvalue weighted by Crippen LogP contribution is -2.28. The lowest BCUT2D eigenvalue weighted by molar-refractivity contribution is 0.0933. The van der Waals surface area contributed by atoms with Crippen molar-refractivity contribution in [1.82, 2.24) is 35.5 Å². The number of hydrogen-bond acceptors (Lipinski definition) is 6. The zero-order valence-electron chi connectivity index (χ0n) is 11.8. The SMILES string of the molecule is C[C@H](NC(=O)c1cnccn1)c1nc(-c2cccnc2)n[nH]1. The maximum absolute atomic E-state index is 12.0. The Morgan fingerprint density at radius 1 is 1.23 bits per heavy atom. The zero-order chi connectivity index (χ0) is 15.4. The molecule has 2 N–H and O–H groups in total. The van der Waals surface area contributed by atoms with Crippen LogP contribution in [0.1, 0.15) is 29.3 Å². The first-order valence-electron chi connectivity index (χ1n) is 6.63. The number of aromatic amines is 1. The molecule has 3 rings (SSSR count). The molecular weight excluding hydrogens is 282 g/mol. The van der Waals surface area contributed by atoms with Crippen LogP contribution in [0.25, 0.3) is 11.4 Å². The summed E-state index contributed by atoms with van der Waals surface area (Å²) in [5.41, 5.74) is 1.05. The third kappa shape index (κ3) is 2.95. The maximum atomic E-state index is 12.0. The van der Waals surface area contributed by atoms with Gasteiger partial charge in [0.05, 0.1) is 12.2 Å². The molecule has 8 nitrogen and oxygen atoms in total. The number of nitrogens with one attached hydrogen (secondary N) is 2. The predicted molar refractivity (Wildman–Crippen MR) is 77.5 cm³/mol. The van der Waals surface area contributed by atoms with E-state index >= 15 is 0 Å². The largest absolute Gasteiger partial charge is 0.341 e. The highest BCUT2D eigenvalue weighted by atomic mass is 16.1. The van der Waals surface area contributed by atoms with Crippen LogP contribution in [0.3, 0.4) is 0 Å². The van der Waals surface area contributed by atoms with Crippen molar-refractivity contribution in [1.29, 1.82) is 0 Å². The molecule has 0 unspecified atom stereocenters. The van der Waals surface area contributed by atoms with E-state index < -0.39 is 0 Å². The minimum absolute atomic E-state index is 0.251. The first-order chi connectivity index (χ1) is 10.7. The Labute approximate surface area is 126 Å². The Hall–Kier alpha value is -3.16. The van der Waals surface area contributed by atoms with E-state index in [-0.39, 0.29) is 17.6 Å². The van der Waals surface area contributed by atoms with Crippen molar-refractivity contribution in [2.75, 3.05) is 0 Å². The smallest absolute Gasteiger partial charge is 0.272 e. The van der Waals surface area contributed by atoms with Crippen molar-refractivity contribution in [3.8, 4) is 11.4 Å². The molecule has 0 aliphatic carbocycles. The molecule has 0 bridgehead atoms. The summed E-state index contributed by atoms with van der Waals surface area (Å²) in [4.78, 5) is 28.2. The second-order valence-corrected chi connectivity index (χ2v) is 4.57. The number of carbonyl (C=O) groups is 1. The topological polar surface area (TPSA) is 109 Å². The van der Waals surface area contributed by atoms with Crippen molar-refractivity contribution in [3.63, 3.8) is 0 Å². The predicted octanol–water partition coefficient (Wildman–Crippen LogP) is 1.15. The molecule has 1 amide bonds. The number of rotatable bonds is 4. The standard InChI is InChI=1S/C14H13N7O/c1-9(18-14(22)11-8-16-5-6-17-11)12-19-13(21-20-12)10-3-2-4-15-7-10/h2-9H,1H3,(H,18,22)(H,19,20,21)/t9-/m0/s1. The molecule has 0 aliphatic rings. The molecule has 110 valence electrons. The van der Waals surface area contributed by atoms with Crippen LogP contribution in [-0.2, 0) is 0 Å². The van der Waals surface area contributed by atoms with Gasteiger partial charge in [0.1, 0.15) is 11.5 Å². The zero-order valence-corrected chi connectivity index (χ0v) is 11.8. The normalized spacial score (nSPS) is 11.9. The Kier molecular flexibility index (Phi) is 3.82. The van der Waals surface area contributed by atoms with Crippen molar-refractivity contribution in [2.24, 2.45) is 0 Å². The first-order valence-corrected chi connectivity index (χ1v) is 6.63. The molecule has 0 aliphatic heterocycles. The van der Waals surface area contributed by atoms with Gasteiger partial charge in [-0.25, -0.2) is 9.97 Å². The van der Waals surface area contributed by atoms with Gasteiger partial charge in [0.25, 0.3) is 5.91 Å². The van der Waals surface area contributed by atoms with Crippen LogP contribution in [-0.4, -0.2) is 36.0 Å². The van der Waals surface area contributed by atoms with Gasteiger partial charge >= 0.3 is 0 Å². The van der Waals surface area contributed by atoms with Gasteiger partial charge < -0.3 is 5.32 Å². The molecule has 0 fully saturated rings. The highest BCUT2D eigenvalue weighted by Crippen LogP contribution is 2.15. The molecule has 3 aromatic rings. The van der Waals surface area contributed by atoms with Gasteiger partial charge in [-0.05, 0) is 19.1 Å². The Bertz CT molecular complexity index is 757. The molecule has 3 aromatic heterocycles. The van der Waals surface area contributed by atoms with E-state index in [2.05, 4.69) is 35.5 Å². The molecule has 0 saturated heterocycles. The molecule has 1 atom stereocenters.